The Morgan fingerprint density at radius 1 is 1.19 bits per heavy atom. The molecule has 3 aliphatic rings. The number of fused-ring (bicyclic) bond motifs is 1. The van der Waals surface area contributed by atoms with Gasteiger partial charge in [-0.15, -0.1) is 0 Å². The van der Waals surface area contributed by atoms with Crippen LogP contribution in [0.1, 0.15) is 43.2 Å². The van der Waals surface area contributed by atoms with Gasteiger partial charge in [-0.25, -0.2) is 0 Å². The lowest BCUT2D eigenvalue weighted by molar-refractivity contribution is -0.137. The van der Waals surface area contributed by atoms with Crippen LogP contribution in [-0.2, 0) is 11.2 Å². The van der Waals surface area contributed by atoms with Crippen molar-refractivity contribution in [2.45, 2.75) is 63.6 Å². The van der Waals surface area contributed by atoms with Crippen LogP contribution >= 0.6 is 11.6 Å². The van der Waals surface area contributed by atoms with Gasteiger partial charge in [0.25, 0.3) is 0 Å². The molecule has 2 aliphatic heterocycles. The van der Waals surface area contributed by atoms with E-state index in [0.29, 0.717) is 24.5 Å². The number of hydrogen-bond acceptors (Lipinski definition) is 3. The minimum absolute atomic E-state index is 0.273. The second-order valence-corrected chi connectivity index (χ2v) is 8.55. The van der Waals surface area contributed by atoms with Crippen LogP contribution in [0.25, 0.3) is 0 Å². The van der Waals surface area contributed by atoms with Crippen LogP contribution in [-0.4, -0.2) is 60.0 Å². The van der Waals surface area contributed by atoms with Gasteiger partial charge in [0.1, 0.15) is 0 Å². The van der Waals surface area contributed by atoms with Crippen molar-refractivity contribution in [1.82, 2.24) is 15.1 Å². The maximum Gasteiger partial charge on any atom is 0.227 e. The Labute approximate surface area is 161 Å². The Morgan fingerprint density at radius 2 is 2.00 bits per heavy atom. The summed E-state index contributed by atoms with van der Waals surface area (Å²) in [6.45, 7) is 6.15. The molecule has 142 valence electrons. The highest BCUT2D eigenvalue weighted by atomic mass is 35.5. The number of carbonyl (C=O) groups is 1. The second-order valence-electron chi connectivity index (χ2n) is 8.14. The molecular formula is C21H30ClN3O. The van der Waals surface area contributed by atoms with Gasteiger partial charge in [0, 0.05) is 30.2 Å². The van der Waals surface area contributed by atoms with E-state index < -0.39 is 0 Å². The van der Waals surface area contributed by atoms with Gasteiger partial charge in [0.15, 0.2) is 0 Å². The predicted molar refractivity (Wildman–Crippen MR) is 106 cm³/mol. The monoisotopic (exact) mass is 375 g/mol. The molecule has 2 saturated heterocycles. The van der Waals surface area contributed by atoms with Gasteiger partial charge < -0.3 is 10.2 Å². The van der Waals surface area contributed by atoms with Crippen LogP contribution in [0.5, 0.6) is 0 Å². The van der Waals surface area contributed by atoms with E-state index >= 15 is 0 Å². The molecule has 4 nitrogen and oxygen atoms in total. The van der Waals surface area contributed by atoms with E-state index in [0.717, 1.165) is 29.2 Å². The van der Waals surface area contributed by atoms with Gasteiger partial charge in [-0.05, 0) is 62.9 Å². The summed E-state index contributed by atoms with van der Waals surface area (Å²) in [6.07, 6.45) is 6.78. The molecule has 1 aromatic rings. The second kappa shape index (κ2) is 7.87. The first-order chi connectivity index (χ1) is 12.6. The maximum atomic E-state index is 13.2. The van der Waals surface area contributed by atoms with Crippen molar-refractivity contribution in [1.29, 1.82) is 0 Å². The lowest BCUT2D eigenvalue weighted by atomic mass is 9.82. The molecule has 0 aromatic heterocycles. The van der Waals surface area contributed by atoms with Gasteiger partial charge in [-0.3, -0.25) is 9.69 Å². The molecule has 3 unspecified atom stereocenters. The summed E-state index contributed by atoms with van der Waals surface area (Å²) >= 11 is 6.14. The van der Waals surface area contributed by atoms with Gasteiger partial charge in [-0.1, -0.05) is 30.2 Å². The van der Waals surface area contributed by atoms with E-state index in [2.05, 4.69) is 21.2 Å². The number of nitrogens with zero attached hydrogens (tertiary/aromatic N) is 2. The Bertz CT molecular complexity index is 657. The molecule has 1 aliphatic carbocycles. The van der Waals surface area contributed by atoms with Crippen molar-refractivity contribution in [3.05, 3.63) is 34.3 Å². The number of piperazine rings is 1. The Morgan fingerprint density at radius 3 is 2.77 bits per heavy atom. The zero-order valence-electron chi connectivity index (χ0n) is 15.7. The molecular weight excluding hydrogens is 346 g/mol. The molecule has 0 spiro atoms. The summed E-state index contributed by atoms with van der Waals surface area (Å²) in [5.74, 6) is 0.273. The van der Waals surface area contributed by atoms with Gasteiger partial charge >= 0.3 is 0 Å². The van der Waals surface area contributed by atoms with E-state index in [1.54, 1.807) is 0 Å². The van der Waals surface area contributed by atoms with Crippen LogP contribution in [0.3, 0.4) is 0 Å². The fourth-order valence-corrected chi connectivity index (χ4v) is 5.30. The number of aryl methyl sites for hydroxylation is 1. The molecule has 1 N–H and O–H groups in total. The summed E-state index contributed by atoms with van der Waals surface area (Å²) < 4.78 is 0. The van der Waals surface area contributed by atoms with Crippen LogP contribution in [0, 0.1) is 6.92 Å². The van der Waals surface area contributed by atoms with Crippen LogP contribution in [0.15, 0.2) is 18.2 Å². The highest BCUT2D eigenvalue weighted by molar-refractivity contribution is 6.31. The number of carbonyl (C=O) groups excluding carboxylic acids is 1. The average molecular weight is 376 g/mol. The average Bonchev–Trinajstić information content (AvgIpc) is 3.18. The molecule has 0 bridgehead atoms. The molecule has 26 heavy (non-hydrogen) atoms. The fourth-order valence-electron chi connectivity index (χ4n) is 5.18. The van der Waals surface area contributed by atoms with Crippen LogP contribution in [0.2, 0.25) is 5.02 Å². The quantitative estimate of drug-likeness (QED) is 0.882. The minimum Gasteiger partial charge on any atom is -0.335 e. The fraction of sp³-hybridized carbons (Fsp3) is 0.667. The first-order valence-electron chi connectivity index (χ1n) is 10.2. The number of amides is 1. The number of benzene rings is 1. The Hall–Kier alpha value is -1.10. The van der Waals surface area contributed by atoms with E-state index in [1.807, 2.05) is 19.1 Å². The number of nitrogens with one attached hydrogen (secondary N) is 1. The first kappa shape index (κ1) is 18.3. The van der Waals surface area contributed by atoms with Crippen molar-refractivity contribution < 1.29 is 4.79 Å². The molecule has 1 aromatic carbocycles. The SMILES string of the molecule is Cc1cc(CC(=O)N2CCNC3CCCC(N4CCCC4)C32)ccc1Cl. The van der Waals surface area contributed by atoms with Crippen molar-refractivity contribution in [2.24, 2.45) is 0 Å². The highest BCUT2D eigenvalue weighted by Gasteiger charge is 2.44. The van der Waals surface area contributed by atoms with Gasteiger partial charge in [0.05, 0.1) is 12.5 Å². The Kier molecular flexibility index (Phi) is 5.53. The zero-order chi connectivity index (χ0) is 18.1. The zero-order valence-corrected chi connectivity index (χ0v) is 16.5. The molecule has 2 heterocycles. The van der Waals surface area contributed by atoms with Crippen molar-refractivity contribution in [3.63, 3.8) is 0 Å². The third kappa shape index (κ3) is 3.64. The standard InChI is InChI=1S/C21H30ClN3O/c1-15-13-16(7-8-17(15)22)14-20(26)25-12-9-23-18-5-4-6-19(21(18)25)24-10-2-3-11-24/h7-8,13,18-19,21,23H,2-6,9-12,14H2,1H3. The predicted octanol–water partition coefficient (Wildman–Crippen LogP) is 3.01. The number of rotatable bonds is 3. The maximum absolute atomic E-state index is 13.2. The minimum atomic E-state index is 0.273. The van der Waals surface area contributed by atoms with E-state index in [4.69, 9.17) is 11.6 Å². The topological polar surface area (TPSA) is 35.6 Å². The highest BCUT2D eigenvalue weighted by Crippen LogP contribution is 2.32. The summed E-state index contributed by atoms with van der Waals surface area (Å²) in [7, 11) is 0. The molecule has 4 rings (SSSR count). The van der Waals surface area contributed by atoms with Crippen LogP contribution in [0.4, 0.5) is 0 Å². The molecule has 0 radical (unpaired) electrons. The summed E-state index contributed by atoms with van der Waals surface area (Å²) in [5.41, 5.74) is 2.11. The van der Waals surface area contributed by atoms with Crippen molar-refractivity contribution in [3.8, 4) is 0 Å². The number of hydrogen-bond donors (Lipinski definition) is 1. The summed E-state index contributed by atoms with van der Waals surface area (Å²) in [6, 6.07) is 7.27. The molecule has 1 saturated carbocycles. The largest absolute Gasteiger partial charge is 0.335 e. The third-order valence-corrected chi connectivity index (χ3v) is 6.87. The number of likely N-dealkylation sites (tertiary alicyclic amines) is 1. The lowest BCUT2D eigenvalue weighted by Gasteiger charge is -2.51. The molecule has 3 fully saturated rings. The summed E-state index contributed by atoms with van der Waals surface area (Å²) in [4.78, 5) is 18.1. The Balaban J connectivity index is 1.52. The van der Waals surface area contributed by atoms with Gasteiger partial charge in [0.2, 0.25) is 5.91 Å². The van der Waals surface area contributed by atoms with Crippen molar-refractivity contribution in [2.75, 3.05) is 26.2 Å². The first-order valence-corrected chi connectivity index (χ1v) is 10.5. The van der Waals surface area contributed by atoms with Crippen LogP contribution < -0.4 is 5.32 Å². The van der Waals surface area contributed by atoms with Crippen molar-refractivity contribution >= 4 is 17.5 Å². The molecule has 5 heteroatoms. The molecule has 1 amide bonds. The smallest absolute Gasteiger partial charge is 0.227 e. The summed E-state index contributed by atoms with van der Waals surface area (Å²) in [5, 5.41) is 4.47. The molecule has 3 atom stereocenters. The third-order valence-electron chi connectivity index (χ3n) is 6.45. The van der Waals surface area contributed by atoms with E-state index in [-0.39, 0.29) is 5.91 Å². The van der Waals surface area contributed by atoms with Gasteiger partial charge in [-0.2, -0.15) is 0 Å². The lowest BCUT2D eigenvalue weighted by Crippen LogP contribution is -2.68. The normalized spacial score (nSPS) is 29.6. The number of halogens is 1. The van der Waals surface area contributed by atoms with E-state index in [9.17, 15) is 4.79 Å². The van der Waals surface area contributed by atoms with E-state index in [1.165, 1.54) is 45.2 Å².